The first-order valence-electron chi connectivity index (χ1n) is 5.81. The number of aromatic carboxylic acids is 1. The van der Waals surface area contributed by atoms with Gasteiger partial charge in [-0.1, -0.05) is 12.1 Å². The van der Waals surface area contributed by atoms with E-state index in [9.17, 15) is 14.9 Å². The fourth-order valence-electron chi connectivity index (χ4n) is 1.57. The molecule has 0 fully saturated rings. The fourth-order valence-corrected chi connectivity index (χ4v) is 1.57. The van der Waals surface area contributed by atoms with Crippen LogP contribution in [0.3, 0.4) is 0 Å². The van der Waals surface area contributed by atoms with Crippen molar-refractivity contribution in [2.45, 2.75) is 0 Å². The third-order valence-electron chi connectivity index (χ3n) is 2.59. The molecule has 0 saturated heterocycles. The second-order valence-electron chi connectivity index (χ2n) is 3.94. The smallest absolute Gasteiger partial charge is 0.340 e. The number of hydrogen-bond donors (Lipinski definition) is 2. The summed E-state index contributed by atoms with van der Waals surface area (Å²) in [6.45, 7) is 0. The molecule has 2 aromatic rings. The van der Waals surface area contributed by atoms with Crippen LogP contribution >= 0.6 is 0 Å². The van der Waals surface area contributed by atoms with Crippen LogP contribution in [0.5, 0.6) is 0 Å². The summed E-state index contributed by atoms with van der Waals surface area (Å²) in [4.78, 5) is 21.5. The Kier molecular flexibility index (Phi) is 4.20. The minimum atomic E-state index is -1.13. The Labute approximate surface area is 118 Å². The van der Waals surface area contributed by atoms with Crippen LogP contribution in [0, 0.1) is 10.1 Å². The van der Waals surface area contributed by atoms with Crippen molar-refractivity contribution in [1.29, 1.82) is 0 Å². The molecular formula is C13H10N4O4. The zero-order valence-electron chi connectivity index (χ0n) is 10.6. The van der Waals surface area contributed by atoms with Crippen molar-refractivity contribution < 1.29 is 14.8 Å². The van der Waals surface area contributed by atoms with Crippen molar-refractivity contribution in [3.63, 3.8) is 0 Å². The van der Waals surface area contributed by atoms with E-state index in [0.717, 1.165) is 0 Å². The standard InChI is InChI=1S/C13H10N4O4/c18-13(19)11-3-1-2-4-12(11)14-16-17(21)10-7-5-9(15-20)6-8-10/h1-8,14H,(H,18,19)/b17-16-. The number of nitroso groups, excluding NO2 is 1. The van der Waals surface area contributed by atoms with Gasteiger partial charge in [0.2, 0.25) is 0 Å². The van der Waals surface area contributed by atoms with Gasteiger partial charge in [0.1, 0.15) is 11.3 Å². The number of rotatable bonds is 5. The van der Waals surface area contributed by atoms with Gasteiger partial charge in [0.05, 0.1) is 5.22 Å². The molecule has 0 spiro atoms. The van der Waals surface area contributed by atoms with E-state index in [0.29, 0.717) is 0 Å². The van der Waals surface area contributed by atoms with Gasteiger partial charge in [-0.3, -0.25) is 0 Å². The van der Waals surface area contributed by atoms with Crippen LogP contribution in [0.25, 0.3) is 0 Å². The summed E-state index contributed by atoms with van der Waals surface area (Å²) in [6.07, 6.45) is 0. The molecule has 0 saturated carbocycles. The average Bonchev–Trinajstić information content (AvgIpc) is 2.52. The van der Waals surface area contributed by atoms with Gasteiger partial charge in [0, 0.05) is 0 Å². The van der Waals surface area contributed by atoms with Gasteiger partial charge >= 0.3 is 5.97 Å². The summed E-state index contributed by atoms with van der Waals surface area (Å²) in [5.74, 6) is -1.13. The molecule has 0 unspecified atom stereocenters. The Morgan fingerprint density at radius 3 is 2.43 bits per heavy atom. The van der Waals surface area contributed by atoms with Crippen LogP contribution in [0.4, 0.5) is 17.1 Å². The summed E-state index contributed by atoms with van der Waals surface area (Å²) in [5.41, 5.74) is 2.94. The number of para-hydroxylation sites is 1. The Morgan fingerprint density at radius 2 is 1.81 bits per heavy atom. The van der Waals surface area contributed by atoms with Crippen molar-refractivity contribution >= 4 is 23.0 Å². The van der Waals surface area contributed by atoms with E-state index in [1.54, 1.807) is 12.1 Å². The number of hydrogen-bond acceptors (Lipinski definition) is 5. The van der Waals surface area contributed by atoms with Crippen molar-refractivity contribution in [2.24, 2.45) is 10.4 Å². The second kappa shape index (κ2) is 6.24. The van der Waals surface area contributed by atoms with E-state index in [1.165, 1.54) is 36.4 Å². The highest BCUT2D eigenvalue weighted by molar-refractivity contribution is 5.94. The maximum absolute atomic E-state index is 11.7. The van der Waals surface area contributed by atoms with Gasteiger partial charge < -0.3 is 10.3 Å². The predicted octanol–water partition coefficient (Wildman–Crippen LogP) is 3.40. The van der Waals surface area contributed by atoms with E-state index < -0.39 is 5.97 Å². The Hall–Kier alpha value is -3.29. The van der Waals surface area contributed by atoms with E-state index in [4.69, 9.17) is 5.11 Å². The highest BCUT2D eigenvalue weighted by atomic mass is 16.5. The minimum absolute atomic E-state index is 0.00449. The number of nitrogens with one attached hydrogen (secondary N) is 1. The largest absolute Gasteiger partial charge is 0.691 e. The lowest BCUT2D eigenvalue weighted by Crippen LogP contribution is -2.04. The van der Waals surface area contributed by atoms with Crippen LogP contribution < -0.4 is 5.43 Å². The Morgan fingerprint density at radius 1 is 1.14 bits per heavy atom. The third-order valence-corrected chi connectivity index (χ3v) is 2.59. The number of carbonyl (C=O) groups is 1. The lowest BCUT2D eigenvalue weighted by atomic mass is 10.2. The molecule has 0 radical (unpaired) electrons. The van der Waals surface area contributed by atoms with Crippen molar-refractivity contribution in [2.75, 3.05) is 5.43 Å². The fraction of sp³-hybridized carbons (Fsp3) is 0. The molecule has 0 bridgehead atoms. The van der Waals surface area contributed by atoms with Crippen LogP contribution in [0.2, 0.25) is 0 Å². The monoisotopic (exact) mass is 286 g/mol. The van der Waals surface area contributed by atoms with Gasteiger partial charge in [0.25, 0.3) is 0 Å². The van der Waals surface area contributed by atoms with Crippen LogP contribution in [0.1, 0.15) is 10.4 Å². The molecule has 0 aliphatic heterocycles. The molecule has 8 heteroatoms. The first kappa shape index (κ1) is 14.1. The van der Waals surface area contributed by atoms with Crippen LogP contribution in [0.15, 0.2) is 58.9 Å². The number of anilines is 1. The summed E-state index contributed by atoms with van der Waals surface area (Å²) < 4.78 is 0. The lowest BCUT2D eigenvalue weighted by molar-refractivity contribution is -0.439. The molecule has 0 atom stereocenters. The third kappa shape index (κ3) is 3.38. The molecule has 0 aliphatic carbocycles. The van der Waals surface area contributed by atoms with Gasteiger partial charge in [-0.2, -0.15) is 0 Å². The average molecular weight is 286 g/mol. The zero-order chi connectivity index (χ0) is 15.2. The molecule has 21 heavy (non-hydrogen) atoms. The summed E-state index contributed by atoms with van der Waals surface area (Å²) >= 11 is 0. The maximum atomic E-state index is 11.7. The van der Waals surface area contributed by atoms with E-state index in [-0.39, 0.29) is 27.5 Å². The van der Waals surface area contributed by atoms with Crippen molar-refractivity contribution in [3.8, 4) is 0 Å². The lowest BCUT2D eigenvalue weighted by Gasteiger charge is -2.05. The maximum Gasteiger partial charge on any atom is 0.340 e. The predicted molar refractivity (Wildman–Crippen MR) is 74.6 cm³/mol. The number of carboxylic acid groups (broad SMARTS) is 1. The molecule has 2 N–H and O–H groups in total. The zero-order valence-corrected chi connectivity index (χ0v) is 10.6. The van der Waals surface area contributed by atoms with E-state index in [1.807, 2.05) is 0 Å². The molecule has 0 amide bonds. The molecule has 2 aromatic carbocycles. The van der Waals surface area contributed by atoms with Crippen LogP contribution in [-0.4, -0.2) is 15.9 Å². The van der Waals surface area contributed by atoms with Crippen molar-refractivity contribution in [3.05, 3.63) is 64.2 Å². The van der Waals surface area contributed by atoms with Gasteiger partial charge in [-0.05, 0) is 41.6 Å². The minimum Gasteiger partial charge on any atom is -0.691 e. The van der Waals surface area contributed by atoms with Crippen LogP contribution in [-0.2, 0) is 0 Å². The quantitative estimate of drug-likeness (QED) is 0.378. The SMILES string of the molecule is O=Nc1ccc(/[N+]([O-])=N/Nc2ccccc2C(=O)O)cc1. The normalized spacial score (nSPS) is 11.0. The van der Waals surface area contributed by atoms with Crippen molar-refractivity contribution in [1.82, 2.24) is 0 Å². The van der Waals surface area contributed by atoms with Gasteiger partial charge in [-0.25, -0.2) is 4.79 Å². The highest BCUT2D eigenvalue weighted by Crippen LogP contribution is 2.19. The Balaban J connectivity index is 2.20. The summed E-state index contributed by atoms with van der Waals surface area (Å²) in [5, 5.41) is 27.0. The summed E-state index contributed by atoms with van der Waals surface area (Å²) in [7, 11) is 0. The first-order chi connectivity index (χ1) is 10.1. The van der Waals surface area contributed by atoms with Gasteiger partial charge in [0.15, 0.2) is 11.4 Å². The molecule has 0 aromatic heterocycles. The molecule has 0 aliphatic rings. The number of carboxylic acids is 1. The first-order valence-corrected chi connectivity index (χ1v) is 5.81. The summed E-state index contributed by atoms with van der Waals surface area (Å²) in [6, 6.07) is 11.5. The molecule has 2 rings (SSSR count). The Bertz CT molecular complexity index is 698. The molecule has 0 heterocycles. The van der Waals surface area contributed by atoms with E-state index in [2.05, 4.69) is 15.8 Å². The molecule has 8 nitrogen and oxygen atoms in total. The topological polar surface area (TPSA) is 117 Å². The second-order valence-corrected chi connectivity index (χ2v) is 3.94. The van der Waals surface area contributed by atoms with E-state index >= 15 is 0 Å². The molecular weight excluding hydrogens is 276 g/mol. The molecule has 106 valence electrons. The van der Waals surface area contributed by atoms with Gasteiger partial charge in [-0.15, -0.1) is 15.2 Å². The highest BCUT2D eigenvalue weighted by Gasteiger charge is 2.12. The number of nitrogens with zero attached hydrogens (tertiary/aromatic N) is 3. The number of benzene rings is 2.